The van der Waals surface area contributed by atoms with E-state index in [1.54, 1.807) is 19.1 Å². The van der Waals surface area contributed by atoms with Gasteiger partial charge in [-0.25, -0.2) is 8.42 Å². The van der Waals surface area contributed by atoms with Gasteiger partial charge in [-0.05, 0) is 62.2 Å². The Hall–Kier alpha value is -2.29. The van der Waals surface area contributed by atoms with Crippen molar-refractivity contribution >= 4 is 33.2 Å². The zero-order valence-electron chi connectivity index (χ0n) is 18.7. The van der Waals surface area contributed by atoms with Crippen LogP contribution in [0.4, 0.5) is 5.69 Å². The lowest BCUT2D eigenvalue weighted by molar-refractivity contribution is -0.122. The number of hydrogen-bond donors (Lipinski definition) is 1. The Bertz CT molecular complexity index is 1050. The molecule has 9 heteroatoms. The number of rotatable bonds is 9. The molecule has 0 bridgehead atoms. The van der Waals surface area contributed by atoms with E-state index in [1.165, 1.54) is 31.6 Å². The van der Waals surface area contributed by atoms with E-state index in [1.807, 2.05) is 12.1 Å². The van der Waals surface area contributed by atoms with Crippen LogP contribution in [0.2, 0.25) is 5.02 Å². The number of likely N-dealkylation sites (tertiary alicyclic amines) is 1. The number of ether oxygens (including phenoxy) is 1. The fraction of sp³-hybridized carbons (Fsp3) is 0.435. The first-order valence-corrected chi connectivity index (χ1v) is 12.8. The van der Waals surface area contributed by atoms with Crippen molar-refractivity contribution in [3.05, 3.63) is 58.6 Å². The quantitative estimate of drug-likeness (QED) is 0.596. The number of benzene rings is 2. The molecule has 1 saturated heterocycles. The van der Waals surface area contributed by atoms with Crippen molar-refractivity contribution in [3.8, 4) is 5.75 Å². The minimum absolute atomic E-state index is 0.220. The summed E-state index contributed by atoms with van der Waals surface area (Å²) in [4.78, 5) is 15.3. The number of carbonyl (C=O) groups excluding carboxylic acids is 1. The summed E-state index contributed by atoms with van der Waals surface area (Å²) in [6.07, 6.45) is 3.53. The number of carbonyl (C=O) groups is 1. The van der Waals surface area contributed by atoms with E-state index in [0.717, 1.165) is 35.8 Å². The maximum Gasteiger partial charge on any atom is 0.243 e. The van der Waals surface area contributed by atoms with Crippen molar-refractivity contribution in [1.29, 1.82) is 0 Å². The average Bonchev–Trinajstić information content (AvgIpc) is 3.24. The molecule has 2 aromatic carbocycles. The Morgan fingerprint density at radius 1 is 1.19 bits per heavy atom. The first kappa shape index (κ1) is 24.4. The molecule has 1 aliphatic rings. The van der Waals surface area contributed by atoms with Crippen LogP contribution in [0.3, 0.4) is 0 Å². The number of halogens is 1. The smallest absolute Gasteiger partial charge is 0.243 e. The number of nitrogens with one attached hydrogen (secondary N) is 1. The third-order valence-electron chi connectivity index (χ3n) is 5.53. The molecule has 32 heavy (non-hydrogen) atoms. The zero-order valence-corrected chi connectivity index (χ0v) is 20.2. The Labute approximate surface area is 195 Å². The molecule has 174 valence electrons. The van der Waals surface area contributed by atoms with Gasteiger partial charge in [0.05, 0.1) is 19.1 Å². The number of hydrogen-bond acceptors (Lipinski definition) is 5. The van der Waals surface area contributed by atoms with Crippen molar-refractivity contribution in [3.63, 3.8) is 0 Å². The van der Waals surface area contributed by atoms with Crippen LogP contribution in [0.15, 0.2) is 42.5 Å². The highest BCUT2D eigenvalue weighted by Crippen LogP contribution is 2.34. The van der Waals surface area contributed by atoms with Crippen LogP contribution in [-0.4, -0.2) is 51.7 Å². The maximum absolute atomic E-state index is 12.9. The predicted octanol–water partition coefficient (Wildman–Crippen LogP) is 3.42. The second-order valence-electron chi connectivity index (χ2n) is 8.07. The minimum atomic E-state index is -3.79. The monoisotopic (exact) mass is 479 g/mol. The van der Waals surface area contributed by atoms with Crippen LogP contribution in [-0.2, 0) is 27.9 Å². The van der Waals surface area contributed by atoms with Gasteiger partial charge in [0, 0.05) is 18.1 Å². The minimum Gasteiger partial charge on any atom is -0.495 e. The third-order valence-corrected chi connectivity index (χ3v) is 6.99. The van der Waals surface area contributed by atoms with Crippen molar-refractivity contribution in [2.75, 3.05) is 30.8 Å². The van der Waals surface area contributed by atoms with Gasteiger partial charge in [0.25, 0.3) is 0 Å². The Morgan fingerprint density at radius 2 is 1.88 bits per heavy atom. The van der Waals surface area contributed by atoms with Gasteiger partial charge < -0.3 is 10.1 Å². The van der Waals surface area contributed by atoms with Crippen molar-refractivity contribution < 1.29 is 17.9 Å². The highest BCUT2D eigenvalue weighted by Gasteiger charge is 2.31. The van der Waals surface area contributed by atoms with Gasteiger partial charge >= 0.3 is 0 Å². The van der Waals surface area contributed by atoms with Crippen LogP contribution in [0, 0.1) is 0 Å². The van der Waals surface area contributed by atoms with E-state index in [9.17, 15) is 13.2 Å². The molecular formula is C23H30ClN3O4S. The summed E-state index contributed by atoms with van der Waals surface area (Å²) in [5, 5.41) is 3.21. The van der Waals surface area contributed by atoms with Crippen LogP contribution in [0.25, 0.3) is 0 Å². The fourth-order valence-electron chi connectivity index (χ4n) is 3.99. The topological polar surface area (TPSA) is 79.0 Å². The molecule has 0 aliphatic carbocycles. The summed E-state index contributed by atoms with van der Waals surface area (Å²) in [6.45, 7) is 4.98. The Morgan fingerprint density at radius 3 is 2.53 bits per heavy atom. The van der Waals surface area contributed by atoms with Gasteiger partial charge in [-0.2, -0.15) is 0 Å². The van der Waals surface area contributed by atoms with Crippen LogP contribution in [0.5, 0.6) is 5.75 Å². The number of amides is 1. The SMILES string of the molecule is COc1ccc(Cl)cc1N(C(C)C(=O)NCc1cccc(CN2CCCC2)c1)S(C)(=O)=O. The summed E-state index contributed by atoms with van der Waals surface area (Å²) in [7, 11) is -2.35. The lowest BCUT2D eigenvalue weighted by Gasteiger charge is -2.29. The van der Waals surface area contributed by atoms with E-state index in [2.05, 4.69) is 22.3 Å². The van der Waals surface area contributed by atoms with Crippen LogP contribution >= 0.6 is 11.6 Å². The Balaban J connectivity index is 1.73. The first-order chi connectivity index (χ1) is 15.2. The summed E-state index contributed by atoms with van der Waals surface area (Å²) < 4.78 is 31.5. The molecule has 2 aromatic rings. The van der Waals surface area contributed by atoms with Crippen molar-refractivity contribution in [2.45, 2.75) is 38.9 Å². The third kappa shape index (κ3) is 6.15. The highest BCUT2D eigenvalue weighted by molar-refractivity contribution is 7.92. The largest absolute Gasteiger partial charge is 0.495 e. The van der Waals surface area contributed by atoms with E-state index in [4.69, 9.17) is 16.3 Å². The van der Waals surface area contributed by atoms with E-state index >= 15 is 0 Å². The normalized spacial score (nSPS) is 15.4. The molecule has 1 unspecified atom stereocenters. The summed E-state index contributed by atoms with van der Waals surface area (Å²) in [5.41, 5.74) is 2.39. The van der Waals surface area contributed by atoms with Gasteiger partial charge in [0.2, 0.25) is 15.9 Å². The highest BCUT2D eigenvalue weighted by atomic mass is 35.5. The molecule has 0 radical (unpaired) electrons. The number of sulfonamides is 1. The lowest BCUT2D eigenvalue weighted by atomic mass is 10.1. The second kappa shape index (κ2) is 10.6. The second-order valence-corrected chi connectivity index (χ2v) is 10.4. The first-order valence-electron chi connectivity index (χ1n) is 10.6. The molecule has 0 saturated carbocycles. The predicted molar refractivity (Wildman–Crippen MR) is 128 cm³/mol. The van der Waals surface area contributed by atoms with E-state index < -0.39 is 22.0 Å². The molecule has 3 rings (SSSR count). The van der Waals surface area contributed by atoms with Gasteiger partial charge in [-0.1, -0.05) is 35.9 Å². The summed E-state index contributed by atoms with van der Waals surface area (Å²) in [6, 6.07) is 11.8. The average molecular weight is 480 g/mol. The molecule has 1 N–H and O–H groups in total. The van der Waals surface area contributed by atoms with Gasteiger partial charge in [0.15, 0.2) is 0 Å². The molecule has 1 amide bonds. The summed E-state index contributed by atoms with van der Waals surface area (Å²) in [5.74, 6) is -0.100. The molecule has 0 aromatic heterocycles. The van der Waals surface area contributed by atoms with Gasteiger partial charge in [-0.15, -0.1) is 0 Å². The molecule has 1 aliphatic heterocycles. The number of methoxy groups -OCH3 is 1. The zero-order chi connectivity index (χ0) is 23.3. The molecule has 1 heterocycles. The fourth-order valence-corrected chi connectivity index (χ4v) is 5.33. The van der Waals surface area contributed by atoms with Crippen molar-refractivity contribution in [1.82, 2.24) is 10.2 Å². The number of nitrogens with zero attached hydrogens (tertiary/aromatic N) is 2. The molecule has 7 nitrogen and oxygen atoms in total. The van der Waals surface area contributed by atoms with E-state index in [-0.39, 0.29) is 5.69 Å². The Kier molecular flexibility index (Phi) is 8.03. The molecule has 0 spiro atoms. The van der Waals surface area contributed by atoms with Crippen molar-refractivity contribution in [2.24, 2.45) is 0 Å². The van der Waals surface area contributed by atoms with Crippen LogP contribution in [0.1, 0.15) is 30.9 Å². The molecule has 1 fully saturated rings. The van der Waals surface area contributed by atoms with E-state index in [0.29, 0.717) is 17.3 Å². The van der Waals surface area contributed by atoms with Crippen LogP contribution < -0.4 is 14.4 Å². The molecule has 1 atom stereocenters. The standard InChI is InChI=1S/C23H30ClN3O4S/c1-17(27(32(3,29)30)21-14-20(24)9-10-22(21)31-2)23(28)25-15-18-7-6-8-19(13-18)16-26-11-4-5-12-26/h6-10,13-14,17H,4-5,11-12,15-16H2,1-3H3,(H,25,28). The summed E-state index contributed by atoms with van der Waals surface area (Å²) >= 11 is 6.09. The number of anilines is 1. The molecular weight excluding hydrogens is 450 g/mol. The maximum atomic E-state index is 12.9. The van der Waals surface area contributed by atoms with Gasteiger partial charge in [-0.3, -0.25) is 14.0 Å². The lowest BCUT2D eigenvalue weighted by Crippen LogP contribution is -2.47. The van der Waals surface area contributed by atoms with Gasteiger partial charge in [0.1, 0.15) is 11.8 Å².